The molecule has 0 bridgehead atoms. The van der Waals surface area contributed by atoms with Crippen molar-refractivity contribution >= 4 is 9.24 Å². The number of ether oxygens (including phenoxy) is 2. The van der Waals surface area contributed by atoms with Crippen LogP contribution in [0.4, 0.5) is 0 Å². The molecule has 3 nitrogen and oxygen atoms in total. The molecule has 0 amide bonds. The minimum atomic E-state index is -0.671. The molecule has 1 fully saturated rings. The number of hydrogen-bond donors (Lipinski definition) is 1. The van der Waals surface area contributed by atoms with Crippen LogP contribution in [0.25, 0.3) is 0 Å². The van der Waals surface area contributed by atoms with E-state index in [1.807, 2.05) is 13.8 Å². The molecule has 0 aliphatic heterocycles. The molecule has 1 saturated carbocycles. The summed E-state index contributed by atoms with van der Waals surface area (Å²) in [4.78, 5) is 0. The molecule has 5 unspecified atom stereocenters. The Kier molecular flexibility index (Phi) is 16.1. The van der Waals surface area contributed by atoms with Gasteiger partial charge in [0, 0.05) is 6.61 Å². The smallest absolute Gasteiger partial charge is 0.0629 e. The van der Waals surface area contributed by atoms with E-state index >= 15 is 0 Å². The van der Waals surface area contributed by atoms with Gasteiger partial charge in [-0.2, -0.15) is 0 Å². The molecule has 0 aromatic rings. The lowest BCUT2D eigenvalue weighted by molar-refractivity contribution is -0.0797. The quantitative estimate of drug-likeness (QED) is 0.148. The highest BCUT2D eigenvalue weighted by atomic mass is 31.0. The predicted molar refractivity (Wildman–Crippen MR) is 175 cm³/mol. The van der Waals surface area contributed by atoms with E-state index in [4.69, 9.17) is 9.47 Å². The average Bonchev–Trinajstić information content (AvgIpc) is 2.72. The molecule has 1 N–H and O–H groups in total. The second-order valence-electron chi connectivity index (χ2n) is 16.5. The zero-order valence-electron chi connectivity index (χ0n) is 28.3. The van der Waals surface area contributed by atoms with Crippen LogP contribution in [0.1, 0.15) is 160 Å². The highest BCUT2D eigenvalue weighted by molar-refractivity contribution is 7.18. The Morgan fingerprint density at radius 3 is 1.82 bits per heavy atom. The second kappa shape index (κ2) is 16.8. The molecule has 5 atom stereocenters. The van der Waals surface area contributed by atoms with Gasteiger partial charge in [-0.3, -0.25) is 0 Å². The fourth-order valence-corrected chi connectivity index (χ4v) is 6.64. The Morgan fingerprint density at radius 1 is 0.744 bits per heavy atom. The Morgan fingerprint density at radius 2 is 1.28 bits per heavy atom. The van der Waals surface area contributed by atoms with Gasteiger partial charge in [0.2, 0.25) is 0 Å². The first-order chi connectivity index (χ1) is 17.8. The Balaban J connectivity index is 2.75. The Bertz CT molecular complexity index is 643. The van der Waals surface area contributed by atoms with Crippen LogP contribution in [0.2, 0.25) is 0 Å². The first-order valence-corrected chi connectivity index (χ1v) is 17.1. The monoisotopic (exact) mass is 571 g/mol. The van der Waals surface area contributed by atoms with Crippen LogP contribution in [0.15, 0.2) is 0 Å². The summed E-state index contributed by atoms with van der Waals surface area (Å²) in [5.41, 5.74) is -0.937. The molecule has 0 radical (unpaired) electrons. The van der Waals surface area contributed by atoms with Gasteiger partial charge >= 0.3 is 0 Å². The largest absolute Gasteiger partial charge is 0.390 e. The van der Waals surface area contributed by atoms with Gasteiger partial charge in [-0.05, 0) is 115 Å². The van der Waals surface area contributed by atoms with Crippen molar-refractivity contribution in [1.29, 1.82) is 0 Å². The second-order valence-corrected chi connectivity index (χ2v) is 18.0. The van der Waals surface area contributed by atoms with Crippen LogP contribution < -0.4 is 0 Å². The summed E-state index contributed by atoms with van der Waals surface area (Å²) in [7, 11) is 2.96. The molecule has 1 aliphatic carbocycles. The molecule has 1 aliphatic rings. The van der Waals surface area contributed by atoms with Crippen molar-refractivity contribution in [3.05, 3.63) is 0 Å². The van der Waals surface area contributed by atoms with Crippen molar-refractivity contribution in [2.45, 2.75) is 182 Å². The fourth-order valence-electron chi connectivity index (χ4n) is 6.53. The normalized spacial score (nSPS) is 22.5. The summed E-state index contributed by atoms with van der Waals surface area (Å²) >= 11 is 0. The molecule has 4 heteroatoms. The van der Waals surface area contributed by atoms with Crippen molar-refractivity contribution in [3.63, 3.8) is 0 Å². The van der Waals surface area contributed by atoms with Crippen molar-refractivity contribution < 1.29 is 14.6 Å². The van der Waals surface area contributed by atoms with Gasteiger partial charge in [0.05, 0.1) is 23.4 Å². The first-order valence-electron chi connectivity index (χ1n) is 16.6. The van der Waals surface area contributed by atoms with Gasteiger partial charge in [0.1, 0.15) is 0 Å². The maximum atomic E-state index is 10.1. The Labute approximate surface area is 247 Å². The summed E-state index contributed by atoms with van der Waals surface area (Å²) in [5.74, 6) is 3.92. The van der Waals surface area contributed by atoms with Crippen LogP contribution in [0.3, 0.4) is 0 Å². The third kappa shape index (κ3) is 19.2. The number of hydrogen-bond acceptors (Lipinski definition) is 3. The van der Waals surface area contributed by atoms with Crippen LogP contribution in [-0.4, -0.2) is 40.3 Å². The minimum Gasteiger partial charge on any atom is -0.390 e. The summed E-state index contributed by atoms with van der Waals surface area (Å²) in [6, 6.07) is 0. The van der Waals surface area contributed by atoms with E-state index in [9.17, 15) is 5.11 Å². The van der Waals surface area contributed by atoms with Crippen molar-refractivity contribution in [2.24, 2.45) is 29.6 Å². The highest BCUT2D eigenvalue weighted by Gasteiger charge is 2.38. The number of aliphatic hydroxyl groups is 1. The molecular formula is C35H71O3P. The van der Waals surface area contributed by atoms with Gasteiger partial charge < -0.3 is 14.6 Å². The van der Waals surface area contributed by atoms with Crippen molar-refractivity contribution in [3.8, 4) is 0 Å². The van der Waals surface area contributed by atoms with Crippen LogP contribution >= 0.6 is 9.24 Å². The molecule has 0 spiro atoms. The van der Waals surface area contributed by atoms with Gasteiger partial charge in [-0.15, -0.1) is 9.24 Å². The molecule has 0 aromatic carbocycles. The molecule has 39 heavy (non-hydrogen) atoms. The van der Waals surface area contributed by atoms with Crippen molar-refractivity contribution in [2.75, 3.05) is 13.2 Å². The van der Waals surface area contributed by atoms with Gasteiger partial charge in [-0.25, -0.2) is 0 Å². The van der Waals surface area contributed by atoms with E-state index in [2.05, 4.69) is 71.6 Å². The van der Waals surface area contributed by atoms with Crippen molar-refractivity contribution in [1.82, 2.24) is 0 Å². The molecule has 0 saturated heterocycles. The lowest BCUT2D eigenvalue weighted by atomic mass is 9.66. The topological polar surface area (TPSA) is 38.7 Å². The zero-order valence-corrected chi connectivity index (χ0v) is 29.5. The predicted octanol–water partition coefficient (Wildman–Crippen LogP) is 10.2. The van der Waals surface area contributed by atoms with Gasteiger partial charge in [0.25, 0.3) is 0 Å². The maximum Gasteiger partial charge on any atom is 0.0629 e. The first kappa shape index (κ1) is 37.3. The van der Waals surface area contributed by atoms with Gasteiger partial charge in [0.15, 0.2) is 0 Å². The summed E-state index contributed by atoms with van der Waals surface area (Å²) < 4.78 is 12.9. The SMILES string of the molecule is CC(C)CCCC(C)CCCC1CCC(CC(C)(C)OCCC(C)(C)O)C(CC(C)(C)OCCC(C)(C)P)C1. The Hall–Kier alpha value is 0.310. The lowest BCUT2D eigenvalue weighted by Gasteiger charge is -2.43. The third-order valence-electron chi connectivity index (χ3n) is 8.99. The van der Waals surface area contributed by atoms with E-state index in [1.54, 1.807) is 0 Å². The van der Waals surface area contributed by atoms with Crippen LogP contribution in [0, 0.1) is 29.6 Å². The van der Waals surface area contributed by atoms with E-state index in [1.165, 1.54) is 57.8 Å². The fraction of sp³-hybridized carbons (Fsp3) is 1.00. The minimum absolute atomic E-state index is 0.0996. The number of rotatable bonds is 20. The maximum absolute atomic E-state index is 10.1. The summed E-state index contributed by atoms with van der Waals surface area (Å²) in [6.45, 7) is 26.0. The van der Waals surface area contributed by atoms with Crippen LogP contribution in [-0.2, 0) is 9.47 Å². The van der Waals surface area contributed by atoms with E-state index < -0.39 is 5.60 Å². The molecule has 234 valence electrons. The lowest BCUT2D eigenvalue weighted by Crippen LogP contribution is -2.39. The van der Waals surface area contributed by atoms with Crippen LogP contribution in [0.5, 0.6) is 0 Å². The summed E-state index contributed by atoms with van der Waals surface area (Å²) in [6.07, 6.45) is 16.3. The summed E-state index contributed by atoms with van der Waals surface area (Å²) in [5, 5.41) is 10.4. The molecule has 0 aromatic heterocycles. The highest BCUT2D eigenvalue weighted by Crippen LogP contribution is 2.45. The molecule has 1 rings (SSSR count). The third-order valence-corrected chi connectivity index (χ3v) is 9.28. The average molecular weight is 571 g/mol. The standard InChI is InChI=1S/C35H71O3P/c1-27(2)14-12-15-28(3)16-13-17-29-18-19-30(25-33(6,7)37-22-20-32(4,5)36)31(24-29)26-34(8,9)38-23-21-35(10,11)39/h27-31,36H,12-26,39H2,1-11H3. The zero-order chi connectivity index (χ0) is 29.9. The molecule has 0 heterocycles. The van der Waals surface area contributed by atoms with E-state index in [0.717, 1.165) is 43.6 Å². The van der Waals surface area contributed by atoms with E-state index in [0.29, 0.717) is 24.9 Å². The van der Waals surface area contributed by atoms with Gasteiger partial charge in [-0.1, -0.05) is 79.6 Å². The van der Waals surface area contributed by atoms with E-state index in [-0.39, 0.29) is 16.4 Å². The molecular weight excluding hydrogens is 499 g/mol.